The van der Waals surface area contributed by atoms with Gasteiger partial charge in [-0.05, 0) is 70.2 Å². The summed E-state index contributed by atoms with van der Waals surface area (Å²) < 4.78 is 0. The van der Waals surface area contributed by atoms with Crippen LogP contribution in [0.15, 0.2) is 0 Å². The highest BCUT2D eigenvalue weighted by atomic mass is 15.2. The van der Waals surface area contributed by atoms with Crippen molar-refractivity contribution >= 4 is 0 Å². The minimum absolute atomic E-state index is 0.437. The Morgan fingerprint density at radius 1 is 1.32 bits per heavy atom. The first-order valence-corrected chi connectivity index (χ1v) is 8.05. The van der Waals surface area contributed by atoms with Gasteiger partial charge in [0.15, 0.2) is 0 Å². The standard InChI is InChI=1S/C16H33N3/c1-16(2,15-6-5-8-17-10-15)13-19(4)12-14-7-9-18(3)11-14/h14-15,17H,5-13H2,1-4H3. The van der Waals surface area contributed by atoms with Crippen molar-refractivity contribution in [1.82, 2.24) is 15.1 Å². The quantitative estimate of drug-likeness (QED) is 0.821. The Kier molecular flexibility index (Phi) is 5.27. The zero-order chi connectivity index (χ0) is 13.9. The van der Waals surface area contributed by atoms with Gasteiger partial charge >= 0.3 is 0 Å². The summed E-state index contributed by atoms with van der Waals surface area (Å²) in [4.78, 5) is 5.05. The molecule has 0 aromatic carbocycles. The van der Waals surface area contributed by atoms with E-state index in [2.05, 4.69) is 43.1 Å². The highest BCUT2D eigenvalue weighted by molar-refractivity contribution is 4.86. The summed E-state index contributed by atoms with van der Waals surface area (Å²) in [6.45, 7) is 12.4. The van der Waals surface area contributed by atoms with Crippen LogP contribution in [0.25, 0.3) is 0 Å². The third-order valence-corrected chi connectivity index (χ3v) is 5.14. The highest BCUT2D eigenvalue weighted by Gasteiger charge is 2.32. The number of likely N-dealkylation sites (tertiary alicyclic amines) is 1. The number of nitrogens with zero attached hydrogens (tertiary/aromatic N) is 2. The van der Waals surface area contributed by atoms with E-state index in [0.29, 0.717) is 5.41 Å². The molecule has 19 heavy (non-hydrogen) atoms. The lowest BCUT2D eigenvalue weighted by Gasteiger charge is -2.40. The molecule has 1 N–H and O–H groups in total. The molecule has 0 bridgehead atoms. The zero-order valence-electron chi connectivity index (χ0n) is 13.4. The smallest absolute Gasteiger partial charge is 0.00329 e. The molecule has 0 radical (unpaired) electrons. The molecule has 2 saturated heterocycles. The molecule has 2 unspecified atom stereocenters. The van der Waals surface area contributed by atoms with Gasteiger partial charge < -0.3 is 15.1 Å². The van der Waals surface area contributed by atoms with E-state index in [1.54, 1.807) is 0 Å². The first kappa shape index (κ1) is 15.3. The van der Waals surface area contributed by atoms with Crippen molar-refractivity contribution in [3.05, 3.63) is 0 Å². The number of nitrogens with one attached hydrogen (secondary N) is 1. The number of hydrogen-bond donors (Lipinski definition) is 1. The van der Waals surface area contributed by atoms with Crippen LogP contribution < -0.4 is 5.32 Å². The zero-order valence-corrected chi connectivity index (χ0v) is 13.4. The summed E-state index contributed by atoms with van der Waals surface area (Å²) in [5.74, 6) is 1.73. The maximum Gasteiger partial charge on any atom is 0.00329 e. The second kappa shape index (κ2) is 6.55. The van der Waals surface area contributed by atoms with Crippen LogP contribution in [0.2, 0.25) is 0 Å². The second-order valence-electron chi connectivity index (χ2n) is 7.65. The Balaban J connectivity index is 1.77. The molecule has 0 saturated carbocycles. The number of piperidine rings is 1. The molecular formula is C16H33N3. The monoisotopic (exact) mass is 267 g/mol. The van der Waals surface area contributed by atoms with E-state index in [9.17, 15) is 0 Å². The Morgan fingerprint density at radius 2 is 2.11 bits per heavy atom. The largest absolute Gasteiger partial charge is 0.316 e. The van der Waals surface area contributed by atoms with Crippen molar-refractivity contribution in [1.29, 1.82) is 0 Å². The minimum Gasteiger partial charge on any atom is -0.316 e. The Hall–Kier alpha value is -0.120. The molecule has 2 heterocycles. The van der Waals surface area contributed by atoms with E-state index in [-0.39, 0.29) is 0 Å². The molecule has 2 atom stereocenters. The number of hydrogen-bond acceptors (Lipinski definition) is 3. The third kappa shape index (κ3) is 4.44. The van der Waals surface area contributed by atoms with Crippen LogP contribution in [-0.4, -0.2) is 63.2 Å². The van der Waals surface area contributed by atoms with Crippen LogP contribution in [0.4, 0.5) is 0 Å². The predicted octanol–water partition coefficient (Wildman–Crippen LogP) is 1.90. The minimum atomic E-state index is 0.437. The average molecular weight is 267 g/mol. The summed E-state index contributed by atoms with van der Waals surface area (Å²) in [6.07, 6.45) is 4.14. The van der Waals surface area contributed by atoms with Crippen molar-refractivity contribution < 1.29 is 0 Å². The molecule has 3 nitrogen and oxygen atoms in total. The SMILES string of the molecule is CN1CCC(CN(C)CC(C)(C)C2CCCNC2)C1. The van der Waals surface area contributed by atoms with Gasteiger partial charge in [-0.1, -0.05) is 13.8 Å². The van der Waals surface area contributed by atoms with E-state index >= 15 is 0 Å². The second-order valence-corrected chi connectivity index (χ2v) is 7.65. The summed E-state index contributed by atoms with van der Waals surface area (Å²) in [5, 5.41) is 3.57. The van der Waals surface area contributed by atoms with Gasteiger partial charge in [0.2, 0.25) is 0 Å². The van der Waals surface area contributed by atoms with Crippen LogP contribution in [0.5, 0.6) is 0 Å². The van der Waals surface area contributed by atoms with E-state index in [4.69, 9.17) is 0 Å². The van der Waals surface area contributed by atoms with Crippen LogP contribution in [0.3, 0.4) is 0 Å². The maximum atomic E-state index is 3.57. The van der Waals surface area contributed by atoms with Gasteiger partial charge in [-0.2, -0.15) is 0 Å². The topological polar surface area (TPSA) is 18.5 Å². The first-order chi connectivity index (χ1) is 8.97. The van der Waals surface area contributed by atoms with E-state index < -0.39 is 0 Å². The van der Waals surface area contributed by atoms with Crippen molar-refractivity contribution in [2.45, 2.75) is 33.1 Å². The number of rotatable bonds is 5. The lowest BCUT2D eigenvalue weighted by molar-refractivity contribution is 0.106. The molecule has 0 aromatic heterocycles. The fourth-order valence-electron chi connectivity index (χ4n) is 4.02. The highest BCUT2D eigenvalue weighted by Crippen LogP contribution is 2.32. The molecule has 2 fully saturated rings. The fourth-order valence-corrected chi connectivity index (χ4v) is 4.02. The van der Waals surface area contributed by atoms with Gasteiger partial charge in [0.05, 0.1) is 0 Å². The maximum absolute atomic E-state index is 3.57. The predicted molar refractivity (Wildman–Crippen MR) is 82.5 cm³/mol. The van der Waals surface area contributed by atoms with Gasteiger partial charge in [-0.25, -0.2) is 0 Å². The normalized spacial score (nSPS) is 30.2. The van der Waals surface area contributed by atoms with Gasteiger partial charge in [-0.3, -0.25) is 0 Å². The fraction of sp³-hybridized carbons (Fsp3) is 1.00. The first-order valence-electron chi connectivity index (χ1n) is 8.05. The lowest BCUT2D eigenvalue weighted by Crippen LogP contribution is -2.44. The van der Waals surface area contributed by atoms with Crippen molar-refractivity contribution in [2.75, 3.05) is 53.4 Å². The Bertz CT molecular complexity index is 271. The van der Waals surface area contributed by atoms with Gasteiger partial charge in [0, 0.05) is 19.6 Å². The molecule has 2 aliphatic heterocycles. The van der Waals surface area contributed by atoms with Crippen LogP contribution in [-0.2, 0) is 0 Å². The van der Waals surface area contributed by atoms with Crippen molar-refractivity contribution in [3.8, 4) is 0 Å². The molecule has 0 amide bonds. The van der Waals surface area contributed by atoms with Crippen LogP contribution in [0, 0.1) is 17.3 Å². The summed E-state index contributed by atoms with van der Waals surface area (Å²) in [5.41, 5.74) is 0.437. The molecule has 0 spiro atoms. The summed E-state index contributed by atoms with van der Waals surface area (Å²) in [6, 6.07) is 0. The van der Waals surface area contributed by atoms with Gasteiger partial charge in [0.1, 0.15) is 0 Å². The van der Waals surface area contributed by atoms with Gasteiger partial charge in [-0.15, -0.1) is 0 Å². The van der Waals surface area contributed by atoms with Crippen LogP contribution in [0.1, 0.15) is 33.1 Å². The molecule has 0 aliphatic carbocycles. The Morgan fingerprint density at radius 3 is 2.68 bits per heavy atom. The molecule has 2 aliphatic rings. The van der Waals surface area contributed by atoms with E-state index in [1.807, 2.05) is 0 Å². The molecule has 2 rings (SSSR count). The van der Waals surface area contributed by atoms with E-state index in [0.717, 1.165) is 11.8 Å². The van der Waals surface area contributed by atoms with Crippen molar-refractivity contribution in [3.63, 3.8) is 0 Å². The molecule has 112 valence electrons. The van der Waals surface area contributed by atoms with Crippen LogP contribution >= 0.6 is 0 Å². The molecular weight excluding hydrogens is 234 g/mol. The molecule has 3 heteroatoms. The molecule has 0 aromatic rings. The van der Waals surface area contributed by atoms with Crippen molar-refractivity contribution in [2.24, 2.45) is 17.3 Å². The van der Waals surface area contributed by atoms with Gasteiger partial charge in [0.25, 0.3) is 0 Å². The third-order valence-electron chi connectivity index (χ3n) is 5.14. The Labute approximate surface area is 119 Å². The average Bonchev–Trinajstić information content (AvgIpc) is 2.75. The summed E-state index contributed by atoms with van der Waals surface area (Å²) in [7, 11) is 4.56. The lowest BCUT2D eigenvalue weighted by atomic mass is 9.74. The summed E-state index contributed by atoms with van der Waals surface area (Å²) >= 11 is 0. The van der Waals surface area contributed by atoms with E-state index in [1.165, 1.54) is 58.5 Å².